The summed E-state index contributed by atoms with van der Waals surface area (Å²) in [6.45, 7) is 0. The number of amides is 3. The summed E-state index contributed by atoms with van der Waals surface area (Å²) in [6.07, 6.45) is 1.90. The lowest BCUT2D eigenvalue weighted by Gasteiger charge is -2.21. The lowest BCUT2D eigenvalue weighted by molar-refractivity contribution is -0.147. The molecule has 2 atom stereocenters. The molecule has 6 heteroatoms. The molecule has 2 saturated heterocycles. The van der Waals surface area contributed by atoms with Gasteiger partial charge in [0, 0.05) is 12.8 Å². The predicted octanol–water partition coefficient (Wildman–Crippen LogP) is -1.02. The summed E-state index contributed by atoms with van der Waals surface area (Å²) in [6, 6.07) is -1.30. The molecule has 0 spiro atoms. The van der Waals surface area contributed by atoms with Gasteiger partial charge in [0.25, 0.3) is 5.91 Å². The van der Waals surface area contributed by atoms with Gasteiger partial charge in [-0.3, -0.25) is 19.3 Å². The molecule has 0 saturated carbocycles. The molecule has 0 bridgehead atoms. The van der Waals surface area contributed by atoms with E-state index < -0.39 is 18.0 Å². The molecule has 0 aromatic rings. The average molecular weight is 224 g/mol. The molecular weight excluding hydrogens is 212 g/mol. The third-order valence-electron chi connectivity index (χ3n) is 2.94. The van der Waals surface area contributed by atoms with Gasteiger partial charge in [0.05, 0.1) is 6.04 Å². The highest BCUT2D eigenvalue weighted by Gasteiger charge is 2.40. The number of likely N-dealkylation sites (tertiary alicyclic amines) is 1. The number of carbonyl (C=O) groups is 4. The van der Waals surface area contributed by atoms with Gasteiger partial charge in [-0.2, -0.15) is 0 Å². The van der Waals surface area contributed by atoms with Crippen molar-refractivity contribution in [3.63, 3.8) is 0 Å². The Bertz CT molecular complexity index is 366. The highest BCUT2D eigenvalue weighted by molar-refractivity contribution is 6.03. The van der Waals surface area contributed by atoms with Crippen LogP contribution in [0.4, 0.5) is 0 Å². The standard InChI is InChI=1S/C10H12N2O4/c13-5-6-1-4-9(15)12(6)10(16)7-2-3-8(14)11-7/h5-7H,1-4H2,(H,11,14)/t6-,7-/m0/s1. The van der Waals surface area contributed by atoms with Gasteiger partial charge in [0.2, 0.25) is 11.8 Å². The maximum atomic E-state index is 11.9. The zero-order valence-corrected chi connectivity index (χ0v) is 8.64. The quantitative estimate of drug-likeness (QED) is 0.480. The van der Waals surface area contributed by atoms with Crippen molar-refractivity contribution in [2.45, 2.75) is 37.8 Å². The van der Waals surface area contributed by atoms with Crippen molar-refractivity contribution in [1.82, 2.24) is 10.2 Å². The Morgan fingerprint density at radius 1 is 1.31 bits per heavy atom. The lowest BCUT2D eigenvalue weighted by atomic mass is 10.2. The molecule has 2 aliphatic heterocycles. The van der Waals surface area contributed by atoms with Crippen molar-refractivity contribution in [2.75, 3.05) is 0 Å². The van der Waals surface area contributed by atoms with Crippen LogP contribution < -0.4 is 5.32 Å². The predicted molar refractivity (Wildman–Crippen MR) is 52.1 cm³/mol. The van der Waals surface area contributed by atoms with Crippen LogP contribution in [0, 0.1) is 0 Å². The molecular formula is C10H12N2O4. The second kappa shape index (κ2) is 4.03. The van der Waals surface area contributed by atoms with Gasteiger partial charge in [-0.15, -0.1) is 0 Å². The molecule has 0 unspecified atom stereocenters. The highest BCUT2D eigenvalue weighted by atomic mass is 16.2. The number of hydrogen-bond acceptors (Lipinski definition) is 4. The number of carbonyl (C=O) groups excluding carboxylic acids is 4. The SMILES string of the molecule is O=C[C@@H]1CCC(=O)N1C(=O)[C@@H]1CCC(=O)N1. The minimum atomic E-state index is -0.655. The Kier molecular flexibility index (Phi) is 2.72. The fraction of sp³-hybridized carbons (Fsp3) is 0.600. The van der Waals surface area contributed by atoms with E-state index in [0.29, 0.717) is 25.5 Å². The van der Waals surface area contributed by atoms with E-state index >= 15 is 0 Å². The van der Waals surface area contributed by atoms with Crippen LogP contribution in [0.3, 0.4) is 0 Å². The molecule has 0 aromatic heterocycles. The van der Waals surface area contributed by atoms with Crippen molar-refractivity contribution in [2.24, 2.45) is 0 Å². The first-order valence-corrected chi connectivity index (χ1v) is 5.24. The number of nitrogens with zero attached hydrogens (tertiary/aromatic N) is 1. The van der Waals surface area contributed by atoms with Crippen molar-refractivity contribution < 1.29 is 19.2 Å². The van der Waals surface area contributed by atoms with Gasteiger partial charge in [-0.05, 0) is 12.8 Å². The first kappa shape index (κ1) is 10.8. The van der Waals surface area contributed by atoms with Crippen LogP contribution in [-0.4, -0.2) is 41.0 Å². The first-order valence-electron chi connectivity index (χ1n) is 5.24. The van der Waals surface area contributed by atoms with Crippen LogP contribution in [0.2, 0.25) is 0 Å². The van der Waals surface area contributed by atoms with Crippen molar-refractivity contribution in [1.29, 1.82) is 0 Å². The van der Waals surface area contributed by atoms with Crippen molar-refractivity contribution >= 4 is 24.0 Å². The van der Waals surface area contributed by atoms with E-state index in [-0.39, 0.29) is 18.2 Å². The minimum Gasteiger partial charge on any atom is -0.344 e. The monoisotopic (exact) mass is 224 g/mol. The summed E-state index contributed by atoms with van der Waals surface area (Å²) in [4.78, 5) is 46.0. The molecule has 0 radical (unpaired) electrons. The molecule has 86 valence electrons. The lowest BCUT2D eigenvalue weighted by Crippen LogP contribution is -2.48. The molecule has 0 aliphatic carbocycles. The molecule has 0 aromatic carbocycles. The zero-order chi connectivity index (χ0) is 11.7. The fourth-order valence-electron chi connectivity index (χ4n) is 2.09. The van der Waals surface area contributed by atoms with E-state index in [9.17, 15) is 19.2 Å². The summed E-state index contributed by atoms with van der Waals surface area (Å²) in [7, 11) is 0. The fourth-order valence-corrected chi connectivity index (χ4v) is 2.09. The number of rotatable bonds is 2. The summed E-state index contributed by atoms with van der Waals surface area (Å²) in [5, 5.41) is 2.50. The Hall–Kier alpha value is -1.72. The molecule has 1 N–H and O–H groups in total. The third-order valence-corrected chi connectivity index (χ3v) is 2.94. The van der Waals surface area contributed by atoms with E-state index in [1.165, 1.54) is 0 Å². The second-order valence-corrected chi connectivity index (χ2v) is 4.00. The Balaban J connectivity index is 2.11. The van der Waals surface area contributed by atoms with Gasteiger partial charge >= 0.3 is 0 Å². The number of aldehydes is 1. The maximum Gasteiger partial charge on any atom is 0.252 e. The minimum absolute atomic E-state index is 0.187. The van der Waals surface area contributed by atoms with Crippen LogP contribution >= 0.6 is 0 Å². The molecule has 2 heterocycles. The average Bonchev–Trinajstić information content (AvgIpc) is 2.83. The van der Waals surface area contributed by atoms with Gasteiger partial charge in [0.1, 0.15) is 12.3 Å². The number of hydrogen-bond donors (Lipinski definition) is 1. The summed E-state index contributed by atoms with van der Waals surface area (Å²) >= 11 is 0. The summed E-state index contributed by atoms with van der Waals surface area (Å²) in [5.41, 5.74) is 0. The smallest absolute Gasteiger partial charge is 0.252 e. The number of imide groups is 1. The van der Waals surface area contributed by atoms with Gasteiger partial charge in [-0.25, -0.2) is 0 Å². The van der Waals surface area contributed by atoms with Crippen molar-refractivity contribution in [3.05, 3.63) is 0 Å². The molecule has 6 nitrogen and oxygen atoms in total. The van der Waals surface area contributed by atoms with Crippen LogP contribution in [0.5, 0.6) is 0 Å². The summed E-state index contributed by atoms with van der Waals surface area (Å²) in [5.74, 6) is -0.971. The van der Waals surface area contributed by atoms with Gasteiger partial charge in [-0.1, -0.05) is 0 Å². The molecule has 2 aliphatic rings. The molecule has 2 rings (SSSR count). The van der Waals surface area contributed by atoms with Crippen molar-refractivity contribution in [3.8, 4) is 0 Å². The second-order valence-electron chi connectivity index (χ2n) is 4.00. The Labute approximate surface area is 92.0 Å². The van der Waals surface area contributed by atoms with E-state index in [1.807, 2.05) is 0 Å². The maximum absolute atomic E-state index is 11.9. The molecule has 16 heavy (non-hydrogen) atoms. The molecule has 3 amide bonds. The van der Waals surface area contributed by atoms with Gasteiger partial charge < -0.3 is 10.1 Å². The van der Waals surface area contributed by atoms with E-state index in [4.69, 9.17) is 0 Å². The highest BCUT2D eigenvalue weighted by Crippen LogP contribution is 2.20. The Morgan fingerprint density at radius 2 is 2.06 bits per heavy atom. The topological polar surface area (TPSA) is 83.6 Å². The molecule has 2 fully saturated rings. The van der Waals surface area contributed by atoms with Crippen LogP contribution in [0.15, 0.2) is 0 Å². The third kappa shape index (κ3) is 1.70. The Morgan fingerprint density at radius 3 is 2.62 bits per heavy atom. The largest absolute Gasteiger partial charge is 0.344 e. The normalized spacial score (nSPS) is 29.4. The van der Waals surface area contributed by atoms with Gasteiger partial charge in [0.15, 0.2) is 0 Å². The van der Waals surface area contributed by atoms with E-state index in [1.54, 1.807) is 0 Å². The number of nitrogens with one attached hydrogen (secondary N) is 1. The van der Waals surface area contributed by atoms with E-state index in [2.05, 4.69) is 5.32 Å². The summed E-state index contributed by atoms with van der Waals surface area (Å²) < 4.78 is 0. The van der Waals surface area contributed by atoms with Crippen LogP contribution in [0.25, 0.3) is 0 Å². The van der Waals surface area contributed by atoms with Crippen LogP contribution in [-0.2, 0) is 19.2 Å². The zero-order valence-electron chi connectivity index (χ0n) is 8.64. The first-order chi connectivity index (χ1) is 7.63. The van der Waals surface area contributed by atoms with E-state index in [0.717, 1.165) is 4.90 Å². The van der Waals surface area contributed by atoms with Crippen LogP contribution in [0.1, 0.15) is 25.7 Å².